The normalized spacial score (nSPS) is 10.9. The van der Waals surface area contributed by atoms with Crippen LogP contribution in [0, 0.1) is 0 Å². The quantitative estimate of drug-likeness (QED) is 0.816. The first-order valence-corrected chi connectivity index (χ1v) is 4.80. The maximum absolute atomic E-state index is 9.58. The molecule has 0 fully saturated rings. The second-order valence-electron chi connectivity index (χ2n) is 3.62. The minimum Gasteiger partial charge on any atom is -0.507 e. The molecule has 0 aliphatic heterocycles. The van der Waals surface area contributed by atoms with Crippen molar-refractivity contribution in [2.24, 2.45) is 0 Å². The van der Waals surface area contributed by atoms with Crippen molar-refractivity contribution in [2.75, 3.05) is 0 Å². The lowest BCUT2D eigenvalue weighted by atomic mass is 10.2. The number of hydrogen-bond donors (Lipinski definition) is 1. The molecule has 15 heavy (non-hydrogen) atoms. The monoisotopic (exact) mass is 204 g/mol. The number of hydrogen-bond acceptors (Lipinski definition) is 4. The summed E-state index contributed by atoms with van der Waals surface area (Å²) in [6.45, 7) is 3.95. The van der Waals surface area contributed by atoms with Gasteiger partial charge in [-0.25, -0.2) is 0 Å². The van der Waals surface area contributed by atoms with Crippen molar-refractivity contribution < 1.29 is 9.52 Å². The molecule has 0 aliphatic rings. The Hall–Kier alpha value is -1.84. The highest BCUT2D eigenvalue weighted by molar-refractivity contribution is 5.61. The van der Waals surface area contributed by atoms with Gasteiger partial charge in [-0.1, -0.05) is 26.0 Å². The van der Waals surface area contributed by atoms with Crippen LogP contribution in [0.25, 0.3) is 11.5 Å². The van der Waals surface area contributed by atoms with E-state index in [-0.39, 0.29) is 11.7 Å². The summed E-state index contributed by atoms with van der Waals surface area (Å²) in [5.74, 6) is 1.28. The molecule has 0 saturated heterocycles. The zero-order chi connectivity index (χ0) is 10.8. The van der Waals surface area contributed by atoms with Crippen LogP contribution in [0.3, 0.4) is 0 Å². The van der Waals surface area contributed by atoms with E-state index in [1.807, 2.05) is 19.9 Å². The second kappa shape index (κ2) is 3.73. The number of benzene rings is 1. The molecule has 1 aromatic heterocycles. The highest BCUT2D eigenvalue weighted by atomic mass is 16.4. The van der Waals surface area contributed by atoms with Crippen LogP contribution in [-0.4, -0.2) is 15.3 Å². The molecule has 78 valence electrons. The Bertz CT molecular complexity index is 463. The van der Waals surface area contributed by atoms with E-state index in [1.165, 1.54) is 0 Å². The first kappa shape index (κ1) is 9.71. The Morgan fingerprint density at radius 3 is 2.53 bits per heavy atom. The smallest absolute Gasteiger partial charge is 0.251 e. The third-order valence-corrected chi connectivity index (χ3v) is 2.07. The molecular formula is C11H12N2O2. The molecule has 4 heteroatoms. The summed E-state index contributed by atoms with van der Waals surface area (Å²) in [4.78, 5) is 0. The molecule has 0 atom stereocenters. The second-order valence-corrected chi connectivity index (χ2v) is 3.62. The maximum atomic E-state index is 9.58. The molecule has 0 amide bonds. The van der Waals surface area contributed by atoms with E-state index in [4.69, 9.17) is 4.42 Å². The Kier molecular flexibility index (Phi) is 2.41. The highest BCUT2D eigenvalue weighted by Crippen LogP contribution is 2.28. The standard InChI is InChI=1S/C11H12N2O2/c1-7(2)10-12-13-11(15-10)8-5-3-4-6-9(8)14/h3-7,14H,1-2H3. The minimum atomic E-state index is 0.149. The van der Waals surface area contributed by atoms with Crippen molar-refractivity contribution in [3.8, 4) is 17.2 Å². The predicted molar refractivity (Wildman–Crippen MR) is 55.5 cm³/mol. The Morgan fingerprint density at radius 2 is 1.93 bits per heavy atom. The topological polar surface area (TPSA) is 59.2 Å². The van der Waals surface area contributed by atoms with Crippen molar-refractivity contribution in [2.45, 2.75) is 19.8 Å². The zero-order valence-electron chi connectivity index (χ0n) is 8.64. The molecule has 2 aromatic rings. The fourth-order valence-corrected chi connectivity index (χ4v) is 1.23. The first-order chi connectivity index (χ1) is 7.18. The molecule has 0 aliphatic carbocycles. The minimum absolute atomic E-state index is 0.149. The zero-order valence-corrected chi connectivity index (χ0v) is 8.64. The average Bonchev–Trinajstić information content (AvgIpc) is 2.67. The van der Waals surface area contributed by atoms with E-state index in [1.54, 1.807) is 18.2 Å². The predicted octanol–water partition coefficient (Wildman–Crippen LogP) is 2.57. The molecule has 0 radical (unpaired) electrons. The molecule has 1 aromatic carbocycles. The van der Waals surface area contributed by atoms with Gasteiger partial charge < -0.3 is 9.52 Å². The van der Waals surface area contributed by atoms with E-state index in [0.29, 0.717) is 17.3 Å². The highest BCUT2D eigenvalue weighted by Gasteiger charge is 2.13. The van der Waals surface area contributed by atoms with Crippen molar-refractivity contribution in [1.82, 2.24) is 10.2 Å². The molecule has 0 unspecified atom stereocenters. The van der Waals surface area contributed by atoms with Crippen LogP contribution in [0.4, 0.5) is 0 Å². The van der Waals surface area contributed by atoms with Crippen molar-refractivity contribution in [1.29, 1.82) is 0 Å². The van der Waals surface area contributed by atoms with Gasteiger partial charge in [0.05, 0.1) is 5.56 Å². The van der Waals surface area contributed by atoms with E-state index in [0.717, 1.165) is 0 Å². The van der Waals surface area contributed by atoms with Crippen LogP contribution in [0.2, 0.25) is 0 Å². The Labute approximate surface area is 87.6 Å². The number of rotatable bonds is 2. The summed E-state index contributed by atoms with van der Waals surface area (Å²) in [6.07, 6.45) is 0. The molecule has 0 saturated carbocycles. The number of phenols is 1. The van der Waals surface area contributed by atoms with Crippen LogP contribution in [0.1, 0.15) is 25.7 Å². The van der Waals surface area contributed by atoms with Crippen LogP contribution < -0.4 is 0 Å². The largest absolute Gasteiger partial charge is 0.507 e. The Balaban J connectivity index is 2.42. The van der Waals surface area contributed by atoms with Gasteiger partial charge in [0.25, 0.3) is 5.89 Å². The van der Waals surface area contributed by atoms with Gasteiger partial charge in [0, 0.05) is 5.92 Å². The molecule has 0 spiro atoms. The summed E-state index contributed by atoms with van der Waals surface area (Å²) in [5, 5.41) is 17.4. The number of aromatic hydroxyl groups is 1. The number of nitrogens with zero attached hydrogens (tertiary/aromatic N) is 2. The molecule has 1 heterocycles. The van der Waals surface area contributed by atoms with Gasteiger partial charge in [-0.3, -0.25) is 0 Å². The summed E-state index contributed by atoms with van der Waals surface area (Å²) in [7, 11) is 0. The SMILES string of the molecule is CC(C)c1nnc(-c2ccccc2O)o1. The number of para-hydroxylation sites is 1. The van der Waals surface area contributed by atoms with Gasteiger partial charge in [0.2, 0.25) is 5.89 Å². The van der Waals surface area contributed by atoms with Crippen LogP contribution in [-0.2, 0) is 0 Å². The van der Waals surface area contributed by atoms with E-state index < -0.39 is 0 Å². The Morgan fingerprint density at radius 1 is 1.20 bits per heavy atom. The lowest BCUT2D eigenvalue weighted by Gasteiger charge is -1.98. The van der Waals surface area contributed by atoms with E-state index in [9.17, 15) is 5.11 Å². The van der Waals surface area contributed by atoms with Crippen LogP contribution in [0.15, 0.2) is 28.7 Å². The fourth-order valence-electron chi connectivity index (χ4n) is 1.23. The summed E-state index contributed by atoms with van der Waals surface area (Å²) < 4.78 is 5.43. The number of phenolic OH excluding ortho intramolecular Hbond substituents is 1. The van der Waals surface area contributed by atoms with Gasteiger partial charge in [-0.05, 0) is 12.1 Å². The number of aromatic nitrogens is 2. The lowest BCUT2D eigenvalue weighted by molar-refractivity contribution is 0.461. The molecule has 2 rings (SSSR count). The van der Waals surface area contributed by atoms with Gasteiger partial charge in [-0.2, -0.15) is 0 Å². The van der Waals surface area contributed by atoms with Crippen molar-refractivity contribution >= 4 is 0 Å². The third-order valence-electron chi connectivity index (χ3n) is 2.07. The third kappa shape index (κ3) is 1.83. The first-order valence-electron chi connectivity index (χ1n) is 4.80. The van der Waals surface area contributed by atoms with Crippen molar-refractivity contribution in [3.63, 3.8) is 0 Å². The van der Waals surface area contributed by atoms with Crippen molar-refractivity contribution in [3.05, 3.63) is 30.2 Å². The summed E-state index contributed by atoms with van der Waals surface area (Å²) in [5.41, 5.74) is 0.567. The summed E-state index contributed by atoms with van der Waals surface area (Å²) in [6, 6.07) is 6.90. The molecular weight excluding hydrogens is 192 g/mol. The average molecular weight is 204 g/mol. The van der Waals surface area contributed by atoms with Crippen LogP contribution >= 0.6 is 0 Å². The van der Waals surface area contributed by atoms with Gasteiger partial charge in [-0.15, -0.1) is 10.2 Å². The lowest BCUT2D eigenvalue weighted by Crippen LogP contribution is -1.85. The molecule has 0 bridgehead atoms. The van der Waals surface area contributed by atoms with Gasteiger partial charge in [0.1, 0.15) is 5.75 Å². The van der Waals surface area contributed by atoms with E-state index >= 15 is 0 Å². The molecule has 4 nitrogen and oxygen atoms in total. The fraction of sp³-hybridized carbons (Fsp3) is 0.273. The maximum Gasteiger partial charge on any atom is 0.251 e. The van der Waals surface area contributed by atoms with E-state index in [2.05, 4.69) is 10.2 Å². The van der Waals surface area contributed by atoms with Gasteiger partial charge in [0.15, 0.2) is 0 Å². The van der Waals surface area contributed by atoms with Crippen LogP contribution in [0.5, 0.6) is 5.75 Å². The summed E-state index contributed by atoms with van der Waals surface area (Å²) >= 11 is 0. The van der Waals surface area contributed by atoms with Gasteiger partial charge >= 0.3 is 0 Å². The molecule has 1 N–H and O–H groups in total.